The number of hydrogen-bond donors (Lipinski definition) is 1. The van der Waals surface area contributed by atoms with Crippen molar-refractivity contribution in [3.05, 3.63) is 35.5 Å². The fourth-order valence-electron chi connectivity index (χ4n) is 1.21. The van der Waals surface area contributed by atoms with Crippen LogP contribution in [-0.2, 0) is 4.79 Å². The monoisotopic (exact) mass is 233 g/mol. The van der Waals surface area contributed by atoms with E-state index >= 15 is 0 Å². The Kier molecular flexibility index (Phi) is 8.40. The fraction of sp³-hybridized carbons (Fsp3) is 0.429. The summed E-state index contributed by atoms with van der Waals surface area (Å²) in [6.45, 7) is 4.04. The molecule has 0 rings (SSSR count). The van der Waals surface area contributed by atoms with Gasteiger partial charge in [-0.05, 0) is 25.8 Å². The number of unbranched alkanes of at least 4 members (excludes halogenated alkanes) is 3. The molecule has 0 aliphatic heterocycles. The van der Waals surface area contributed by atoms with Crippen LogP contribution in [0.2, 0.25) is 0 Å². The SMILES string of the molecule is CCCCC/C=C/C(C)=C/C=C(\C#N)C(=O)O. The Morgan fingerprint density at radius 3 is 2.59 bits per heavy atom. The second kappa shape index (κ2) is 9.41. The predicted molar refractivity (Wildman–Crippen MR) is 68.4 cm³/mol. The molecule has 3 nitrogen and oxygen atoms in total. The van der Waals surface area contributed by atoms with Gasteiger partial charge in [0.1, 0.15) is 11.6 Å². The van der Waals surface area contributed by atoms with Crippen molar-refractivity contribution >= 4 is 5.97 Å². The molecule has 0 radical (unpaired) electrons. The lowest BCUT2D eigenvalue weighted by molar-refractivity contribution is -0.132. The van der Waals surface area contributed by atoms with Crippen LogP contribution < -0.4 is 0 Å². The van der Waals surface area contributed by atoms with Crippen molar-refractivity contribution in [3.8, 4) is 6.07 Å². The lowest BCUT2D eigenvalue weighted by Gasteiger charge is -1.93. The van der Waals surface area contributed by atoms with Crippen LogP contribution in [-0.4, -0.2) is 11.1 Å². The minimum Gasteiger partial charge on any atom is -0.477 e. The van der Waals surface area contributed by atoms with Crippen LogP contribution in [0.3, 0.4) is 0 Å². The van der Waals surface area contributed by atoms with E-state index < -0.39 is 5.97 Å². The Bertz CT molecular complexity index is 370. The maximum atomic E-state index is 10.5. The average Bonchev–Trinajstić information content (AvgIpc) is 2.29. The molecule has 0 spiro atoms. The van der Waals surface area contributed by atoms with E-state index in [-0.39, 0.29) is 5.57 Å². The molecule has 0 amide bonds. The first-order valence-electron chi connectivity index (χ1n) is 5.80. The van der Waals surface area contributed by atoms with Gasteiger partial charge in [-0.1, -0.05) is 43.6 Å². The van der Waals surface area contributed by atoms with Crippen LogP contribution in [0.25, 0.3) is 0 Å². The molecule has 0 unspecified atom stereocenters. The number of rotatable bonds is 7. The Balaban J connectivity index is 4.27. The number of nitriles is 1. The van der Waals surface area contributed by atoms with Gasteiger partial charge < -0.3 is 5.11 Å². The summed E-state index contributed by atoms with van der Waals surface area (Å²) < 4.78 is 0. The van der Waals surface area contributed by atoms with E-state index in [1.807, 2.05) is 13.0 Å². The van der Waals surface area contributed by atoms with Crippen molar-refractivity contribution in [3.63, 3.8) is 0 Å². The molecule has 0 saturated heterocycles. The molecule has 0 aliphatic carbocycles. The smallest absolute Gasteiger partial charge is 0.346 e. The van der Waals surface area contributed by atoms with Crippen LogP contribution in [0.15, 0.2) is 35.5 Å². The van der Waals surface area contributed by atoms with Gasteiger partial charge >= 0.3 is 5.97 Å². The molecule has 0 aromatic rings. The molecular weight excluding hydrogens is 214 g/mol. The van der Waals surface area contributed by atoms with Crippen molar-refractivity contribution in [2.45, 2.75) is 39.5 Å². The maximum absolute atomic E-state index is 10.5. The van der Waals surface area contributed by atoms with Crippen molar-refractivity contribution in [2.24, 2.45) is 0 Å². The van der Waals surface area contributed by atoms with E-state index in [9.17, 15) is 4.79 Å². The Hall–Kier alpha value is -1.82. The van der Waals surface area contributed by atoms with Gasteiger partial charge in [0.2, 0.25) is 0 Å². The summed E-state index contributed by atoms with van der Waals surface area (Å²) in [4.78, 5) is 10.5. The first-order valence-corrected chi connectivity index (χ1v) is 5.80. The third-order valence-corrected chi connectivity index (χ3v) is 2.22. The lowest BCUT2D eigenvalue weighted by Crippen LogP contribution is -1.96. The van der Waals surface area contributed by atoms with E-state index in [0.717, 1.165) is 12.0 Å². The van der Waals surface area contributed by atoms with E-state index in [1.54, 1.807) is 12.1 Å². The van der Waals surface area contributed by atoms with Gasteiger partial charge in [0.05, 0.1) is 0 Å². The second-order valence-corrected chi connectivity index (χ2v) is 3.81. The third kappa shape index (κ3) is 8.04. The number of allylic oxidation sites excluding steroid dienone is 5. The molecular formula is C14H19NO2. The topological polar surface area (TPSA) is 61.1 Å². The van der Waals surface area contributed by atoms with Gasteiger partial charge in [0.25, 0.3) is 0 Å². The molecule has 3 heteroatoms. The molecule has 0 fully saturated rings. The summed E-state index contributed by atoms with van der Waals surface area (Å²) in [5, 5.41) is 17.2. The third-order valence-electron chi connectivity index (χ3n) is 2.22. The number of nitrogens with zero attached hydrogens (tertiary/aromatic N) is 1. The first kappa shape index (κ1) is 15.2. The predicted octanol–water partition coefficient (Wildman–Crippen LogP) is 3.60. The van der Waals surface area contributed by atoms with E-state index in [4.69, 9.17) is 10.4 Å². The van der Waals surface area contributed by atoms with Crippen molar-refractivity contribution in [2.75, 3.05) is 0 Å². The van der Waals surface area contributed by atoms with E-state index in [1.165, 1.54) is 25.3 Å². The molecule has 0 bridgehead atoms. The van der Waals surface area contributed by atoms with Crippen LogP contribution in [0.5, 0.6) is 0 Å². The number of aliphatic carboxylic acids is 1. The van der Waals surface area contributed by atoms with Gasteiger partial charge in [-0.15, -0.1) is 0 Å². The van der Waals surface area contributed by atoms with Crippen molar-refractivity contribution < 1.29 is 9.90 Å². The second-order valence-electron chi connectivity index (χ2n) is 3.81. The molecule has 0 atom stereocenters. The summed E-state index contributed by atoms with van der Waals surface area (Å²) in [5.74, 6) is -1.19. The summed E-state index contributed by atoms with van der Waals surface area (Å²) in [7, 11) is 0. The minimum atomic E-state index is -1.19. The Morgan fingerprint density at radius 2 is 2.06 bits per heavy atom. The Morgan fingerprint density at radius 1 is 1.35 bits per heavy atom. The highest BCUT2D eigenvalue weighted by Crippen LogP contribution is 2.03. The molecule has 0 saturated carbocycles. The maximum Gasteiger partial charge on any atom is 0.346 e. The molecule has 17 heavy (non-hydrogen) atoms. The highest BCUT2D eigenvalue weighted by Gasteiger charge is 2.02. The largest absolute Gasteiger partial charge is 0.477 e. The molecule has 1 N–H and O–H groups in total. The average molecular weight is 233 g/mol. The van der Waals surface area contributed by atoms with Crippen molar-refractivity contribution in [1.29, 1.82) is 5.26 Å². The highest BCUT2D eigenvalue weighted by atomic mass is 16.4. The van der Waals surface area contributed by atoms with Gasteiger partial charge in [-0.25, -0.2) is 4.79 Å². The van der Waals surface area contributed by atoms with Crippen molar-refractivity contribution in [1.82, 2.24) is 0 Å². The van der Waals surface area contributed by atoms with E-state index in [2.05, 4.69) is 13.0 Å². The van der Waals surface area contributed by atoms with Gasteiger partial charge in [0.15, 0.2) is 0 Å². The highest BCUT2D eigenvalue weighted by molar-refractivity contribution is 5.91. The zero-order valence-corrected chi connectivity index (χ0v) is 10.4. The molecule has 0 aliphatic rings. The number of hydrogen-bond acceptors (Lipinski definition) is 2. The number of carbonyl (C=O) groups is 1. The summed E-state index contributed by atoms with van der Waals surface area (Å²) in [6.07, 6.45) is 11.6. The van der Waals surface area contributed by atoms with Crippen LogP contribution in [0, 0.1) is 11.3 Å². The molecule has 0 aromatic heterocycles. The van der Waals surface area contributed by atoms with Gasteiger partial charge in [-0.2, -0.15) is 5.26 Å². The molecule has 0 heterocycles. The number of carboxylic acid groups (broad SMARTS) is 1. The van der Waals surface area contributed by atoms with Crippen LogP contribution in [0.1, 0.15) is 39.5 Å². The van der Waals surface area contributed by atoms with E-state index in [0.29, 0.717) is 0 Å². The minimum absolute atomic E-state index is 0.247. The lowest BCUT2D eigenvalue weighted by atomic mass is 10.1. The summed E-state index contributed by atoms with van der Waals surface area (Å²) >= 11 is 0. The quantitative estimate of drug-likeness (QED) is 0.316. The van der Waals surface area contributed by atoms with Crippen LogP contribution >= 0.6 is 0 Å². The standard InChI is InChI=1S/C14H19NO2/c1-3-4-5-6-7-8-12(2)9-10-13(11-15)14(16)17/h7-10H,3-6H2,1-2H3,(H,16,17)/b8-7+,12-9+,13-10+. The zero-order valence-electron chi connectivity index (χ0n) is 10.4. The van der Waals surface area contributed by atoms with Gasteiger partial charge in [0, 0.05) is 0 Å². The Labute approximate surface area is 103 Å². The normalized spacial score (nSPS) is 12.8. The number of carboxylic acids is 1. The fourth-order valence-corrected chi connectivity index (χ4v) is 1.21. The van der Waals surface area contributed by atoms with Gasteiger partial charge in [-0.3, -0.25) is 0 Å². The molecule has 0 aromatic carbocycles. The summed E-state index contributed by atoms with van der Waals surface area (Å²) in [6, 6.07) is 1.63. The van der Waals surface area contributed by atoms with Crippen LogP contribution in [0.4, 0.5) is 0 Å². The first-order chi connectivity index (χ1) is 8.11. The zero-order chi connectivity index (χ0) is 13.1. The molecule has 92 valence electrons. The summed E-state index contributed by atoms with van der Waals surface area (Å²) in [5.41, 5.74) is 0.694.